The molecule has 0 saturated carbocycles. The van der Waals surface area contributed by atoms with Crippen molar-refractivity contribution in [3.63, 3.8) is 0 Å². The van der Waals surface area contributed by atoms with Crippen LogP contribution in [0, 0.1) is 5.92 Å². The molecule has 3 rings (SSSR count). The minimum absolute atomic E-state index is 0.00765. The smallest absolute Gasteiger partial charge is 0.271 e. The van der Waals surface area contributed by atoms with E-state index in [4.69, 9.17) is 4.52 Å². The van der Waals surface area contributed by atoms with Gasteiger partial charge in [-0.25, -0.2) is 4.98 Å². The van der Waals surface area contributed by atoms with E-state index in [9.17, 15) is 9.59 Å². The Hall–Kier alpha value is -2.71. The lowest BCUT2D eigenvalue weighted by Crippen LogP contribution is -2.51. The highest BCUT2D eigenvalue weighted by atomic mass is 16.5. The van der Waals surface area contributed by atoms with Crippen LogP contribution in [0.2, 0.25) is 0 Å². The Morgan fingerprint density at radius 3 is 2.93 bits per heavy atom. The molecule has 3 heterocycles. The largest absolute Gasteiger partial charge is 0.341 e. The van der Waals surface area contributed by atoms with Crippen molar-refractivity contribution in [1.82, 2.24) is 29.9 Å². The molecule has 0 spiro atoms. The van der Waals surface area contributed by atoms with Crippen LogP contribution < -0.4 is 0 Å². The quantitative estimate of drug-likeness (QED) is 0.773. The topological polar surface area (TPSA) is 108 Å². The molecule has 0 radical (unpaired) electrons. The Morgan fingerprint density at radius 1 is 1.43 bits per heavy atom. The molecule has 2 amide bonds. The predicted molar refractivity (Wildman–Crippen MR) is 101 cm³/mol. The second-order valence-electron chi connectivity index (χ2n) is 7.68. The van der Waals surface area contributed by atoms with Gasteiger partial charge in [-0.3, -0.25) is 9.59 Å². The highest BCUT2D eigenvalue weighted by Crippen LogP contribution is 2.18. The van der Waals surface area contributed by atoms with Gasteiger partial charge >= 0.3 is 0 Å². The zero-order valence-corrected chi connectivity index (χ0v) is 16.7. The summed E-state index contributed by atoms with van der Waals surface area (Å²) < 4.78 is 5.28. The van der Waals surface area contributed by atoms with E-state index in [-0.39, 0.29) is 17.9 Å². The first-order valence-corrected chi connectivity index (χ1v) is 9.80. The van der Waals surface area contributed by atoms with Gasteiger partial charge in [-0.1, -0.05) is 19.0 Å². The summed E-state index contributed by atoms with van der Waals surface area (Å²) in [6, 6.07) is -0.0137. The number of hydrogen-bond donors (Lipinski definition) is 1. The molecule has 0 aromatic carbocycles. The fraction of sp³-hybridized carbons (Fsp3) is 0.632. The summed E-state index contributed by atoms with van der Waals surface area (Å²) in [7, 11) is 0. The Labute approximate surface area is 164 Å². The van der Waals surface area contributed by atoms with Crippen molar-refractivity contribution >= 4 is 11.8 Å². The molecule has 1 unspecified atom stereocenters. The highest BCUT2D eigenvalue weighted by molar-refractivity contribution is 5.92. The maximum absolute atomic E-state index is 12.6. The number of nitrogens with zero attached hydrogens (tertiary/aromatic N) is 5. The Balaban J connectivity index is 1.60. The minimum Gasteiger partial charge on any atom is -0.341 e. The molecule has 0 aliphatic carbocycles. The number of hydrogen-bond acceptors (Lipinski definition) is 6. The van der Waals surface area contributed by atoms with E-state index < -0.39 is 0 Å². The molecule has 152 valence electrons. The van der Waals surface area contributed by atoms with Crippen molar-refractivity contribution in [1.29, 1.82) is 0 Å². The molecule has 9 heteroatoms. The maximum atomic E-state index is 12.6. The van der Waals surface area contributed by atoms with E-state index in [0.29, 0.717) is 49.4 Å². The first-order valence-electron chi connectivity index (χ1n) is 9.80. The molecule has 2 aromatic heterocycles. The Kier molecular flexibility index (Phi) is 6.43. The van der Waals surface area contributed by atoms with Crippen molar-refractivity contribution in [2.75, 3.05) is 19.6 Å². The van der Waals surface area contributed by atoms with Gasteiger partial charge in [-0.15, -0.1) is 0 Å². The second kappa shape index (κ2) is 8.99. The fourth-order valence-corrected chi connectivity index (χ4v) is 3.58. The van der Waals surface area contributed by atoms with Crippen molar-refractivity contribution in [2.45, 2.75) is 52.5 Å². The van der Waals surface area contributed by atoms with Gasteiger partial charge in [0.2, 0.25) is 11.8 Å². The zero-order chi connectivity index (χ0) is 20.1. The first kappa shape index (κ1) is 20.0. The number of piperidine rings is 1. The number of nitrogens with one attached hydrogen (secondary N) is 1. The molecule has 2 aromatic rings. The van der Waals surface area contributed by atoms with E-state index in [1.165, 1.54) is 12.5 Å². The highest BCUT2D eigenvalue weighted by Gasteiger charge is 2.30. The number of likely N-dealkylation sites (tertiary alicyclic amines) is 1. The normalized spacial score (nSPS) is 17.1. The molecule has 1 aliphatic rings. The van der Waals surface area contributed by atoms with E-state index in [2.05, 4.69) is 34.0 Å². The third kappa shape index (κ3) is 4.96. The van der Waals surface area contributed by atoms with E-state index in [1.54, 1.807) is 11.8 Å². The van der Waals surface area contributed by atoms with Crippen LogP contribution in [0.5, 0.6) is 0 Å². The standard InChI is InChI=1S/C19H28N6O3/c1-13(2)9-18-22-17(23-28-18)6-8-25(14(3)26)15-5-4-7-24(11-15)19(27)16-10-20-12-21-16/h10,12-13,15H,4-9,11H2,1-3H3,(H,20,21). The average Bonchev–Trinajstić information content (AvgIpc) is 3.33. The van der Waals surface area contributed by atoms with E-state index in [0.717, 1.165) is 19.3 Å². The van der Waals surface area contributed by atoms with Gasteiger partial charge in [0.1, 0.15) is 5.69 Å². The summed E-state index contributed by atoms with van der Waals surface area (Å²) in [4.78, 5) is 39.6. The summed E-state index contributed by atoms with van der Waals surface area (Å²) in [5.41, 5.74) is 0.472. The third-order valence-electron chi connectivity index (χ3n) is 4.93. The van der Waals surface area contributed by atoms with Gasteiger partial charge in [-0.05, 0) is 18.8 Å². The Morgan fingerprint density at radius 2 is 2.25 bits per heavy atom. The van der Waals surface area contributed by atoms with Gasteiger partial charge < -0.3 is 19.3 Å². The van der Waals surface area contributed by atoms with Crippen LogP contribution in [0.15, 0.2) is 17.0 Å². The van der Waals surface area contributed by atoms with Crippen LogP contribution in [0.1, 0.15) is 55.8 Å². The minimum atomic E-state index is -0.0813. The number of imidazole rings is 1. The van der Waals surface area contributed by atoms with Crippen molar-refractivity contribution in [3.8, 4) is 0 Å². The predicted octanol–water partition coefficient (Wildman–Crippen LogP) is 1.69. The summed E-state index contributed by atoms with van der Waals surface area (Å²) in [5, 5.41) is 4.02. The lowest BCUT2D eigenvalue weighted by Gasteiger charge is -2.38. The Bertz CT molecular complexity index is 785. The van der Waals surface area contributed by atoms with Crippen LogP contribution in [0.3, 0.4) is 0 Å². The molecule has 28 heavy (non-hydrogen) atoms. The number of H-pyrrole nitrogens is 1. The molecule has 1 N–H and O–H groups in total. The summed E-state index contributed by atoms with van der Waals surface area (Å²) in [6.07, 6.45) is 6.03. The molecule has 9 nitrogen and oxygen atoms in total. The number of carbonyl (C=O) groups is 2. The lowest BCUT2D eigenvalue weighted by molar-refractivity contribution is -0.132. The van der Waals surface area contributed by atoms with E-state index in [1.807, 2.05) is 4.90 Å². The molecule has 1 aliphatic heterocycles. The van der Waals surface area contributed by atoms with Gasteiger partial charge in [0, 0.05) is 45.4 Å². The summed E-state index contributed by atoms with van der Waals surface area (Å²) in [5.74, 6) is 1.60. The first-order chi connectivity index (χ1) is 13.4. The number of aromatic nitrogens is 4. The van der Waals surface area contributed by atoms with Crippen LogP contribution in [0.25, 0.3) is 0 Å². The van der Waals surface area contributed by atoms with E-state index >= 15 is 0 Å². The van der Waals surface area contributed by atoms with Crippen LogP contribution in [-0.2, 0) is 17.6 Å². The van der Waals surface area contributed by atoms with Crippen molar-refractivity contribution in [2.24, 2.45) is 5.92 Å². The summed E-state index contributed by atoms with van der Waals surface area (Å²) >= 11 is 0. The molecular weight excluding hydrogens is 360 g/mol. The third-order valence-corrected chi connectivity index (χ3v) is 4.93. The van der Waals surface area contributed by atoms with Gasteiger partial charge in [-0.2, -0.15) is 4.98 Å². The number of rotatable bonds is 7. The second-order valence-corrected chi connectivity index (χ2v) is 7.68. The maximum Gasteiger partial charge on any atom is 0.271 e. The molecule has 1 fully saturated rings. The van der Waals surface area contributed by atoms with Crippen molar-refractivity contribution in [3.05, 3.63) is 29.9 Å². The lowest BCUT2D eigenvalue weighted by atomic mass is 10.0. The number of carbonyl (C=O) groups excluding carboxylic acids is 2. The van der Waals surface area contributed by atoms with Gasteiger partial charge in [0.05, 0.1) is 12.5 Å². The average molecular weight is 388 g/mol. The molecular formula is C19H28N6O3. The van der Waals surface area contributed by atoms with Gasteiger partial charge in [0.25, 0.3) is 5.91 Å². The summed E-state index contributed by atoms with van der Waals surface area (Å²) in [6.45, 7) is 7.47. The number of amides is 2. The van der Waals surface area contributed by atoms with Crippen molar-refractivity contribution < 1.29 is 14.1 Å². The van der Waals surface area contributed by atoms with Crippen LogP contribution >= 0.6 is 0 Å². The monoisotopic (exact) mass is 388 g/mol. The zero-order valence-electron chi connectivity index (χ0n) is 16.7. The SMILES string of the molecule is CC(=O)N(CCc1noc(CC(C)C)n1)C1CCCN(C(=O)c2cnc[nH]2)C1. The number of aromatic amines is 1. The fourth-order valence-electron chi connectivity index (χ4n) is 3.58. The molecule has 1 atom stereocenters. The van der Waals surface area contributed by atoms with Crippen LogP contribution in [0.4, 0.5) is 0 Å². The molecule has 0 bridgehead atoms. The molecule has 1 saturated heterocycles. The van der Waals surface area contributed by atoms with Crippen LogP contribution in [-0.4, -0.2) is 67.4 Å². The van der Waals surface area contributed by atoms with Gasteiger partial charge in [0.15, 0.2) is 5.82 Å².